The molecule has 1 N–H and O–H groups in total. The van der Waals surface area contributed by atoms with Gasteiger partial charge in [0.25, 0.3) is 5.91 Å². The van der Waals surface area contributed by atoms with Gasteiger partial charge < -0.3 is 10.2 Å². The second-order valence-corrected chi connectivity index (χ2v) is 10.7. The van der Waals surface area contributed by atoms with Crippen molar-refractivity contribution in [2.75, 3.05) is 17.7 Å². The maximum Gasteiger partial charge on any atom is 0.327 e. The SMILES string of the molecule is CS(=O)(=O)c1cc(C#N)ccc1C1NC(=O)N(c2cccc(CF)c2)C2=C1C(=O)N(C1CC1)C2. The predicted octanol–water partition coefficient (Wildman–Crippen LogP) is 2.96. The first-order valence-electron chi connectivity index (χ1n) is 10.8. The van der Waals surface area contributed by atoms with Gasteiger partial charge in [-0.3, -0.25) is 9.69 Å². The molecule has 174 valence electrons. The van der Waals surface area contributed by atoms with Crippen molar-refractivity contribution in [2.45, 2.75) is 36.5 Å². The maximum absolute atomic E-state index is 13.5. The highest BCUT2D eigenvalue weighted by atomic mass is 32.2. The van der Waals surface area contributed by atoms with Gasteiger partial charge in [0.15, 0.2) is 9.84 Å². The Bertz CT molecular complexity index is 1410. The van der Waals surface area contributed by atoms with Crippen molar-refractivity contribution in [3.8, 4) is 6.07 Å². The van der Waals surface area contributed by atoms with E-state index in [1.54, 1.807) is 29.2 Å². The van der Waals surface area contributed by atoms with E-state index in [9.17, 15) is 27.7 Å². The minimum atomic E-state index is -3.78. The van der Waals surface area contributed by atoms with Gasteiger partial charge in [-0.25, -0.2) is 17.6 Å². The van der Waals surface area contributed by atoms with E-state index in [1.807, 2.05) is 6.07 Å². The summed E-state index contributed by atoms with van der Waals surface area (Å²) in [6.07, 6.45) is 2.75. The zero-order valence-corrected chi connectivity index (χ0v) is 19.1. The second kappa shape index (κ2) is 7.95. The molecule has 1 aliphatic carbocycles. The minimum Gasteiger partial charge on any atom is -0.330 e. The van der Waals surface area contributed by atoms with E-state index in [4.69, 9.17) is 0 Å². The molecule has 34 heavy (non-hydrogen) atoms. The van der Waals surface area contributed by atoms with Crippen molar-refractivity contribution in [3.05, 3.63) is 70.4 Å². The molecule has 2 aromatic rings. The molecule has 2 aliphatic heterocycles. The first-order valence-corrected chi connectivity index (χ1v) is 12.7. The van der Waals surface area contributed by atoms with Crippen LogP contribution in [-0.2, 0) is 21.3 Å². The van der Waals surface area contributed by atoms with Crippen molar-refractivity contribution in [3.63, 3.8) is 0 Å². The summed E-state index contributed by atoms with van der Waals surface area (Å²) in [6, 6.07) is 11.1. The van der Waals surface area contributed by atoms with Gasteiger partial charge >= 0.3 is 6.03 Å². The summed E-state index contributed by atoms with van der Waals surface area (Å²) in [7, 11) is -3.78. The van der Waals surface area contributed by atoms with Crippen LogP contribution in [0.25, 0.3) is 0 Å². The number of nitriles is 1. The molecule has 1 fully saturated rings. The number of alkyl halides is 1. The van der Waals surface area contributed by atoms with Gasteiger partial charge in [0, 0.05) is 12.3 Å². The first kappa shape index (κ1) is 22.1. The monoisotopic (exact) mass is 480 g/mol. The van der Waals surface area contributed by atoms with Crippen molar-refractivity contribution >= 4 is 27.5 Å². The Morgan fingerprint density at radius 1 is 1.18 bits per heavy atom. The van der Waals surface area contributed by atoms with E-state index in [1.165, 1.54) is 23.1 Å². The zero-order chi connectivity index (χ0) is 24.2. The van der Waals surface area contributed by atoms with Gasteiger partial charge in [0.1, 0.15) is 6.67 Å². The third kappa shape index (κ3) is 3.62. The standard InChI is InChI=1S/C24H21FN4O4S/c1-34(32,33)20-10-15(12-26)5-8-18(20)22-21-19(13-28(23(21)30)16-6-7-16)29(24(31)27-22)17-4-2-3-14(9-17)11-25/h2-5,8-10,16,22H,6-7,11,13H2,1H3,(H,27,31). The summed E-state index contributed by atoms with van der Waals surface area (Å²) in [5, 5.41) is 12.0. The predicted molar refractivity (Wildman–Crippen MR) is 121 cm³/mol. The van der Waals surface area contributed by atoms with Crippen LogP contribution in [0.15, 0.2) is 58.6 Å². The van der Waals surface area contributed by atoms with Crippen molar-refractivity contribution in [1.29, 1.82) is 5.26 Å². The van der Waals surface area contributed by atoms with Crippen LogP contribution >= 0.6 is 0 Å². The van der Waals surface area contributed by atoms with Crippen LogP contribution in [0, 0.1) is 11.3 Å². The number of hydrogen-bond donors (Lipinski definition) is 1. The quantitative estimate of drug-likeness (QED) is 0.708. The van der Waals surface area contributed by atoms with Gasteiger partial charge in [-0.2, -0.15) is 5.26 Å². The van der Waals surface area contributed by atoms with E-state index in [0.29, 0.717) is 16.9 Å². The molecule has 2 heterocycles. The van der Waals surface area contributed by atoms with Crippen LogP contribution in [-0.4, -0.2) is 44.1 Å². The van der Waals surface area contributed by atoms with Crippen LogP contribution in [0.5, 0.6) is 0 Å². The molecule has 3 amide bonds. The van der Waals surface area contributed by atoms with E-state index >= 15 is 0 Å². The lowest BCUT2D eigenvalue weighted by Gasteiger charge is -2.34. The fourth-order valence-electron chi connectivity index (χ4n) is 4.59. The molecule has 0 spiro atoms. The number of hydrogen-bond acceptors (Lipinski definition) is 5. The molecular formula is C24H21FN4O4S. The Hall–Kier alpha value is -3.71. The molecule has 10 heteroatoms. The highest BCUT2D eigenvalue weighted by Gasteiger charge is 2.48. The topological polar surface area (TPSA) is 111 Å². The molecule has 1 atom stereocenters. The van der Waals surface area contributed by atoms with Crippen LogP contribution in [0.2, 0.25) is 0 Å². The number of nitrogens with one attached hydrogen (secondary N) is 1. The summed E-state index contributed by atoms with van der Waals surface area (Å²) in [4.78, 5) is 29.8. The second-order valence-electron chi connectivity index (χ2n) is 8.68. The smallest absolute Gasteiger partial charge is 0.327 e. The maximum atomic E-state index is 13.5. The lowest BCUT2D eigenvalue weighted by atomic mass is 9.94. The molecule has 8 nitrogen and oxygen atoms in total. The highest BCUT2D eigenvalue weighted by Crippen LogP contribution is 2.43. The van der Waals surface area contributed by atoms with E-state index in [2.05, 4.69) is 5.32 Å². The average Bonchev–Trinajstić information content (AvgIpc) is 3.60. The molecule has 5 rings (SSSR count). The Morgan fingerprint density at radius 2 is 1.94 bits per heavy atom. The Labute approximate surface area is 196 Å². The molecular weight excluding hydrogens is 459 g/mol. The first-order chi connectivity index (χ1) is 16.2. The molecule has 0 aromatic heterocycles. The normalized spacial score (nSPS) is 20.3. The van der Waals surface area contributed by atoms with Crippen LogP contribution < -0.4 is 10.2 Å². The van der Waals surface area contributed by atoms with Gasteiger partial charge in [-0.15, -0.1) is 0 Å². The van der Waals surface area contributed by atoms with Gasteiger partial charge in [-0.1, -0.05) is 18.2 Å². The summed E-state index contributed by atoms with van der Waals surface area (Å²) >= 11 is 0. The summed E-state index contributed by atoms with van der Waals surface area (Å²) in [5.41, 5.74) is 1.93. The van der Waals surface area contributed by atoms with Crippen molar-refractivity contribution in [1.82, 2.24) is 10.2 Å². The summed E-state index contributed by atoms with van der Waals surface area (Å²) in [6.45, 7) is -0.499. The minimum absolute atomic E-state index is 0.0724. The van der Waals surface area contributed by atoms with E-state index < -0.39 is 28.6 Å². The largest absolute Gasteiger partial charge is 0.330 e. The lowest BCUT2D eigenvalue weighted by molar-refractivity contribution is -0.126. The highest BCUT2D eigenvalue weighted by molar-refractivity contribution is 7.90. The fraction of sp³-hybridized carbons (Fsp3) is 0.292. The molecule has 3 aliphatic rings. The number of benzene rings is 2. The number of amides is 3. The fourth-order valence-corrected chi connectivity index (χ4v) is 5.55. The Balaban J connectivity index is 1.69. The number of carbonyl (C=O) groups excluding carboxylic acids is 2. The van der Waals surface area contributed by atoms with Crippen LogP contribution in [0.1, 0.15) is 35.6 Å². The van der Waals surface area contributed by atoms with Crippen LogP contribution in [0.4, 0.5) is 14.9 Å². The number of nitrogens with zero attached hydrogens (tertiary/aromatic N) is 3. The zero-order valence-electron chi connectivity index (χ0n) is 18.3. The third-order valence-electron chi connectivity index (χ3n) is 6.32. The number of urea groups is 1. The van der Waals surface area contributed by atoms with Gasteiger partial charge in [-0.05, 0) is 48.2 Å². The number of anilines is 1. The number of rotatable bonds is 5. The molecule has 1 unspecified atom stereocenters. The molecule has 2 aromatic carbocycles. The Kier molecular flexibility index (Phi) is 5.17. The summed E-state index contributed by atoms with van der Waals surface area (Å²) < 4.78 is 38.5. The van der Waals surface area contributed by atoms with Gasteiger partial charge in [0.2, 0.25) is 0 Å². The van der Waals surface area contributed by atoms with Crippen molar-refractivity contribution in [2.24, 2.45) is 0 Å². The molecule has 0 bridgehead atoms. The molecule has 0 saturated heterocycles. The van der Waals surface area contributed by atoms with Crippen LogP contribution in [0.3, 0.4) is 0 Å². The molecule has 1 saturated carbocycles. The summed E-state index contributed by atoms with van der Waals surface area (Å²) in [5.74, 6) is -0.266. The number of carbonyl (C=O) groups is 2. The number of sulfone groups is 1. The molecule has 0 radical (unpaired) electrons. The lowest BCUT2D eigenvalue weighted by Crippen LogP contribution is -2.47. The third-order valence-corrected chi connectivity index (χ3v) is 7.47. The van der Waals surface area contributed by atoms with Gasteiger partial charge in [0.05, 0.1) is 46.1 Å². The van der Waals surface area contributed by atoms with E-state index in [0.717, 1.165) is 19.1 Å². The van der Waals surface area contributed by atoms with E-state index in [-0.39, 0.29) is 40.1 Å². The Morgan fingerprint density at radius 3 is 2.59 bits per heavy atom. The average molecular weight is 481 g/mol. The van der Waals surface area contributed by atoms with Crippen molar-refractivity contribution < 1.29 is 22.4 Å². The number of halogens is 1.